The van der Waals surface area contributed by atoms with Gasteiger partial charge in [0.15, 0.2) is 0 Å². The van der Waals surface area contributed by atoms with Crippen LogP contribution in [0.5, 0.6) is 0 Å². The fourth-order valence-corrected chi connectivity index (χ4v) is 3.43. The Hall–Kier alpha value is -2.86. The predicted molar refractivity (Wildman–Crippen MR) is 108 cm³/mol. The summed E-state index contributed by atoms with van der Waals surface area (Å²) in [6.07, 6.45) is 1.98. The van der Waals surface area contributed by atoms with Gasteiger partial charge >= 0.3 is 6.03 Å². The summed E-state index contributed by atoms with van der Waals surface area (Å²) in [6.45, 7) is 3.37. The molecule has 0 saturated carbocycles. The Bertz CT molecular complexity index is 913. The molecule has 2 aromatic rings. The van der Waals surface area contributed by atoms with Gasteiger partial charge in [0.1, 0.15) is 12.1 Å². The van der Waals surface area contributed by atoms with Crippen molar-refractivity contribution in [3.05, 3.63) is 64.7 Å². The first-order chi connectivity index (χ1) is 13.3. The van der Waals surface area contributed by atoms with Gasteiger partial charge in [0, 0.05) is 10.7 Å². The second-order valence-electron chi connectivity index (χ2n) is 6.95. The number of nitrogens with one attached hydrogen (secondary N) is 2. The van der Waals surface area contributed by atoms with Crippen molar-refractivity contribution >= 4 is 35.1 Å². The van der Waals surface area contributed by atoms with Crippen LogP contribution >= 0.6 is 11.6 Å². The molecule has 0 radical (unpaired) electrons. The van der Waals surface area contributed by atoms with Gasteiger partial charge in [-0.25, -0.2) is 4.79 Å². The van der Waals surface area contributed by atoms with E-state index in [2.05, 4.69) is 17.6 Å². The monoisotopic (exact) mass is 399 g/mol. The topological polar surface area (TPSA) is 78.5 Å². The average molecular weight is 400 g/mol. The summed E-state index contributed by atoms with van der Waals surface area (Å²) < 4.78 is 0. The Labute approximate surface area is 168 Å². The van der Waals surface area contributed by atoms with Gasteiger partial charge in [-0.05, 0) is 42.7 Å². The number of hydrogen-bond donors (Lipinski definition) is 2. The van der Waals surface area contributed by atoms with E-state index in [4.69, 9.17) is 11.6 Å². The van der Waals surface area contributed by atoms with Crippen LogP contribution in [0, 0.1) is 0 Å². The van der Waals surface area contributed by atoms with Crippen LogP contribution in [0.1, 0.15) is 31.4 Å². The predicted octanol–water partition coefficient (Wildman–Crippen LogP) is 3.70. The minimum atomic E-state index is -1.20. The lowest BCUT2D eigenvalue weighted by molar-refractivity contribution is -0.133. The Morgan fingerprint density at radius 1 is 1.18 bits per heavy atom. The minimum Gasteiger partial charge on any atom is -0.324 e. The number of urea groups is 1. The lowest BCUT2D eigenvalue weighted by Gasteiger charge is -2.22. The maximum absolute atomic E-state index is 12.9. The summed E-state index contributed by atoms with van der Waals surface area (Å²) in [5.74, 6) is -0.935. The van der Waals surface area contributed by atoms with E-state index in [0.717, 1.165) is 17.7 Å². The zero-order chi connectivity index (χ0) is 20.3. The molecule has 1 fully saturated rings. The Balaban J connectivity index is 1.72. The standard InChI is InChI=1S/C21H22ClN3O3/c1-3-5-14-8-10-15(11-9-14)21(2)19(27)25(20(28)24-21)13-18(26)23-17-7-4-6-16(22)12-17/h4,6-12H,3,5,13H2,1-2H3,(H,23,26)(H,24,28). The molecule has 28 heavy (non-hydrogen) atoms. The molecule has 0 aliphatic carbocycles. The van der Waals surface area contributed by atoms with E-state index < -0.39 is 23.4 Å². The van der Waals surface area contributed by atoms with Crippen LogP contribution in [-0.4, -0.2) is 29.3 Å². The summed E-state index contributed by atoms with van der Waals surface area (Å²) >= 11 is 5.90. The van der Waals surface area contributed by atoms with Gasteiger partial charge < -0.3 is 10.6 Å². The number of carbonyl (C=O) groups is 3. The van der Waals surface area contributed by atoms with Gasteiger partial charge in [-0.2, -0.15) is 0 Å². The SMILES string of the molecule is CCCc1ccc(C2(C)NC(=O)N(CC(=O)Nc3cccc(Cl)c3)C2=O)cc1. The molecule has 1 unspecified atom stereocenters. The molecule has 1 saturated heterocycles. The smallest absolute Gasteiger partial charge is 0.324 e. The second kappa shape index (κ2) is 8.02. The van der Waals surface area contributed by atoms with Gasteiger partial charge in [0.05, 0.1) is 0 Å². The van der Waals surface area contributed by atoms with E-state index in [0.29, 0.717) is 16.3 Å². The molecular weight excluding hydrogens is 378 g/mol. The number of amides is 4. The minimum absolute atomic E-state index is 0.374. The summed E-state index contributed by atoms with van der Waals surface area (Å²) in [4.78, 5) is 38.5. The molecule has 1 aliphatic heterocycles. The molecule has 146 valence electrons. The van der Waals surface area contributed by atoms with Crippen molar-refractivity contribution in [2.45, 2.75) is 32.2 Å². The number of imide groups is 1. The zero-order valence-corrected chi connectivity index (χ0v) is 16.5. The van der Waals surface area contributed by atoms with E-state index >= 15 is 0 Å². The first-order valence-corrected chi connectivity index (χ1v) is 9.50. The highest BCUT2D eigenvalue weighted by Gasteiger charge is 2.49. The number of halogens is 1. The number of carbonyl (C=O) groups excluding carboxylic acids is 3. The van der Waals surface area contributed by atoms with Crippen molar-refractivity contribution in [2.75, 3.05) is 11.9 Å². The maximum Gasteiger partial charge on any atom is 0.325 e. The first-order valence-electron chi connectivity index (χ1n) is 9.12. The third kappa shape index (κ3) is 4.02. The number of hydrogen-bond acceptors (Lipinski definition) is 3. The molecular formula is C21H22ClN3O3. The number of aryl methyl sites for hydroxylation is 1. The third-order valence-electron chi connectivity index (χ3n) is 4.76. The first kappa shape index (κ1) is 19.9. The van der Waals surface area contributed by atoms with E-state index in [1.165, 1.54) is 5.56 Å². The summed E-state index contributed by atoms with van der Waals surface area (Å²) in [5.41, 5.74) is 1.16. The molecule has 0 spiro atoms. The summed E-state index contributed by atoms with van der Waals surface area (Å²) in [7, 11) is 0. The highest BCUT2D eigenvalue weighted by Crippen LogP contribution is 2.29. The van der Waals surface area contributed by atoms with Crippen LogP contribution in [0.3, 0.4) is 0 Å². The Morgan fingerprint density at radius 3 is 2.54 bits per heavy atom. The highest BCUT2D eigenvalue weighted by molar-refractivity contribution is 6.30. The normalized spacial score (nSPS) is 18.9. The molecule has 2 aromatic carbocycles. The van der Waals surface area contributed by atoms with Crippen LogP contribution in [-0.2, 0) is 21.5 Å². The molecule has 0 bridgehead atoms. The fraction of sp³-hybridized carbons (Fsp3) is 0.286. The molecule has 1 atom stereocenters. The molecule has 2 N–H and O–H groups in total. The number of benzene rings is 2. The third-order valence-corrected chi connectivity index (χ3v) is 4.99. The van der Waals surface area contributed by atoms with E-state index in [-0.39, 0.29) is 6.54 Å². The molecule has 3 rings (SSSR count). The van der Waals surface area contributed by atoms with Crippen molar-refractivity contribution in [1.29, 1.82) is 0 Å². The van der Waals surface area contributed by atoms with Gasteiger partial charge in [-0.15, -0.1) is 0 Å². The average Bonchev–Trinajstić information content (AvgIpc) is 2.86. The Morgan fingerprint density at radius 2 is 1.89 bits per heavy atom. The molecule has 1 aliphatic rings. The largest absolute Gasteiger partial charge is 0.325 e. The molecule has 1 heterocycles. The molecule has 4 amide bonds. The number of anilines is 1. The van der Waals surface area contributed by atoms with Crippen LogP contribution in [0.4, 0.5) is 10.5 Å². The van der Waals surface area contributed by atoms with Crippen LogP contribution < -0.4 is 10.6 Å². The summed E-state index contributed by atoms with van der Waals surface area (Å²) in [5, 5.41) is 5.83. The van der Waals surface area contributed by atoms with Crippen molar-refractivity contribution in [3.8, 4) is 0 Å². The van der Waals surface area contributed by atoms with Gasteiger partial charge in [0.2, 0.25) is 5.91 Å². The summed E-state index contributed by atoms with van der Waals surface area (Å²) in [6, 6.07) is 13.7. The second-order valence-corrected chi connectivity index (χ2v) is 7.39. The molecule has 0 aromatic heterocycles. The van der Waals surface area contributed by atoms with Gasteiger partial charge in [-0.3, -0.25) is 14.5 Å². The van der Waals surface area contributed by atoms with Gasteiger partial charge in [-0.1, -0.05) is 55.3 Å². The van der Waals surface area contributed by atoms with Crippen molar-refractivity contribution in [1.82, 2.24) is 10.2 Å². The number of nitrogens with zero attached hydrogens (tertiary/aromatic N) is 1. The molecule has 7 heteroatoms. The van der Waals surface area contributed by atoms with E-state index in [1.807, 2.05) is 24.3 Å². The lowest BCUT2D eigenvalue weighted by Crippen LogP contribution is -2.42. The zero-order valence-electron chi connectivity index (χ0n) is 15.8. The van der Waals surface area contributed by atoms with Crippen LogP contribution in [0.2, 0.25) is 5.02 Å². The van der Waals surface area contributed by atoms with E-state index in [1.54, 1.807) is 31.2 Å². The quantitative estimate of drug-likeness (QED) is 0.727. The Kier molecular flexibility index (Phi) is 5.70. The van der Waals surface area contributed by atoms with E-state index in [9.17, 15) is 14.4 Å². The van der Waals surface area contributed by atoms with Crippen molar-refractivity contribution in [3.63, 3.8) is 0 Å². The highest BCUT2D eigenvalue weighted by atomic mass is 35.5. The lowest BCUT2D eigenvalue weighted by atomic mass is 9.91. The van der Waals surface area contributed by atoms with Gasteiger partial charge in [0.25, 0.3) is 5.91 Å². The maximum atomic E-state index is 12.9. The van der Waals surface area contributed by atoms with Crippen LogP contribution in [0.25, 0.3) is 0 Å². The molecule has 6 nitrogen and oxygen atoms in total. The number of rotatable bonds is 6. The van der Waals surface area contributed by atoms with Crippen LogP contribution in [0.15, 0.2) is 48.5 Å². The fourth-order valence-electron chi connectivity index (χ4n) is 3.24. The van der Waals surface area contributed by atoms with Crippen molar-refractivity contribution < 1.29 is 14.4 Å². The van der Waals surface area contributed by atoms with Crippen molar-refractivity contribution in [2.24, 2.45) is 0 Å².